The predicted octanol–water partition coefficient (Wildman–Crippen LogP) is 5.03. The number of carbonyl (C=O) groups excluding carboxylic acids is 1. The van der Waals surface area contributed by atoms with Crippen LogP contribution >= 0.6 is 0 Å². The van der Waals surface area contributed by atoms with E-state index in [1.807, 2.05) is 69.3 Å². The highest BCUT2D eigenvalue weighted by Gasteiger charge is 2.23. The van der Waals surface area contributed by atoms with Gasteiger partial charge < -0.3 is 14.6 Å². The van der Waals surface area contributed by atoms with Crippen molar-refractivity contribution in [1.82, 2.24) is 0 Å². The van der Waals surface area contributed by atoms with E-state index in [4.69, 9.17) is 14.6 Å². The zero-order valence-corrected chi connectivity index (χ0v) is 16.9. The van der Waals surface area contributed by atoms with E-state index in [0.29, 0.717) is 31.0 Å². The first-order valence-corrected chi connectivity index (χ1v) is 9.38. The van der Waals surface area contributed by atoms with Crippen LogP contribution in [0, 0.1) is 0 Å². The maximum Gasteiger partial charge on any atom is 0.414 e. The number of hydrogen-bond donors (Lipinski definition) is 1. The lowest BCUT2D eigenvalue weighted by atomic mass is 10.1. The number of hydrogen-bond acceptors (Lipinski definition) is 4. The summed E-state index contributed by atoms with van der Waals surface area (Å²) >= 11 is 0. The molecule has 0 aliphatic heterocycles. The van der Waals surface area contributed by atoms with E-state index in [2.05, 4.69) is 6.58 Å². The van der Waals surface area contributed by atoms with Crippen molar-refractivity contribution in [3.05, 3.63) is 66.2 Å². The third-order valence-electron chi connectivity index (χ3n) is 3.92. The van der Waals surface area contributed by atoms with Gasteiger partial charge in [-0.05, 0) is 62.6 Å². The predicted molar refractivity (Wildman–Crippen MR) is 113 cm³/mol. The Hall–Kier alpha value is -2.79. The van der Waals surface area contributed by atoms with Gasteiger partial charge in [-0.1, -0.05) is 36.9 Å². The summed E-state index contributed by atoms with van der Waals surface area (Å²) in [6.45, 7) is 10.1. The second-order valence-electron chi connectivity index (χ2n) is 7.44. The van der Waals surface area contributed by atoms with Gasteiger partial charge in [0.2, 0.25) is 0 Å². The minimum atomic E-state index is -0.585. The molecule has 0 radical (unpaired) electrons. The van der Waals surface area contributed by atoms with Crippen LogP contribution in [-0.4, -0.2) is 30.0 Å². The monoisotopic (exact) mass is 383 g/mol. The van der Waals surface area contributed by atoms with Gasteiger partial charge in [-0.25, -0.2) is 4.79 Å². The third-order valence-corrected chi connectivity index (χ3v) is 3.92. The summed E-state index contributed by atoms with van der Waals surface area (Å²) in [4.78, 5) is 14.0. The molecule has 0 aromatic heterocycles. The van der Waals surface area contributed by atoms with E-state index < -0.39 is 11.7 Å². The molecule has 5 heteroatoms. The van der Waals surface area contributed by atoms with Gasteiger partial charge in [0.05, 0.1) is 0 Å². The molecule has 0 aliphatic carbocycles. The number of anilines is 1. The molecule has 0 saturated heterocycles. The Morgan fingerprint density at radius 1 is 1.11 bits per heavy atom. The summed E-state index contributed by atoms with van der Waals surface area (Å²) in [5.41, 5.74) is 2.25. The third kappa shape index (κ3) is 6.74. The van der Waals surface area contributed by atoms with Crippen molar-refractivity contribution >= 4 is 17.9 Å². The van der Waals surface area contributed by atoms with Crippen LogP contribution in [0.4, 0.5) is 10.5 Å². The number of amides is 1. The molecule has 0 spiro atoms. The number of benzene rings is 2. The van der Waals surface area contributed by atoms with E-state index in [-0.39, 0.29) is 6.61 Å². The largest absolute Gasteiger partial charge is 0.489 e. The second kappa shape index (κ2) is 9.95. The molecule has 0 bridgehead atoms. The smallest absolute Gasteiger partial charge is 0.414 e. The first-order valence-electron chi connectivity index (χ1n) is 9.38. The average Bonchev–Trinajstić information content (AvgIpc) is 2.66. The van der Waals surface area contributed by atoms with Gasteiger partial charge in [0.15, 0.2) is 0 Å². The maximum atomic E-state index is 12.5. The van der Waals surface area contributed by atoms with Crippen molar-refractivity contribution < 1.29 is 19.4 Å². The van der Waals surface area contributed by atoms with E-state index in [1.165, 1.54) is 4.90 Å². The molecule has 2 aromatic carbocycles. The standard InChI is InChI=1S/C23H29NO4/c1-5-18-7-9-19(10-8-18)17-27-21-13-11-20(12-14-21)24(15-6-16-25)22(26)28-23(2,3)4/h5,7-14,25H,1,6,15-17H2,2-4H3. The molecule has 2 aromatic rings. The molecule has 2 rings (SSSR count). The van der Waals surface area contributed by atoms with Crippen molar-refractivity contribution in [3.8, 4) is 5.75 Å². The molecule has 150 valence electrons. The van der Waals surface area contributed by atoms with E-state index in [0.717, 1.165) is 11.1 Å². The molecule has 1 N–H and O–H groups in total. The van der Waals surface area contributed by atoms with Crippen molar-refractivity contribution in [2.45, 2.75) is 39.4 Å². The Labute approximate surface area is 167 Å². The summed E-state index contributed by atoms with van der Waals surface area (Å²) < 4.78 is 11.3. The SMILES string of the molecule is C=Cc1ccc(COc2ccc(N(CCCO)C(=O)OC(C)(C)C)cc2)cc1. The van der Waals surface area contributed by atoms with Crippen LogP contribution in [0.1, 0.15) is 38.3 Å². The zero-order chi connectivity index (χ0) is 20.6. The molecule has 0 aliphatic rings. The normalized spacial score (nSPS) is 11.0. The van der Waals surface area contributed by atoms with Crippen molar-refractivity contribution in [2.75, 3.05) is 18.1 Å². The number of aliphatic hydroxyl groups is 1. The lowest BCUT2D eigenvalue weighted by Crippen LogP contribution is -2.37. The minimum Gasteiger partial charge on any atom is -0.489 e. The fourth-order valence-corrected chi connectivity index (χ4v) is 2.51. The van der Waals surface area contributed by atoms with Crippen molar-refractivity contribution in [2.24, 2.45) is 0 Å². The Morgan fingerprint density at radius 3 is 2.29 bits per heavy atom. The Morgan fingerprint density at radius 2 is 1.75 bits per heavy atom. The van der Waals surface area contributed by atoms with Crippen LogP contribution in [-0.2, 0) is 11.3 Å². The average molecular weight is 383 g/mol. The van der Waals surface area contributed by atoms with Gasteiger partial charge in [0, 0.05) is 18.8 Å². The summed E-state index contributed by atoms with van der Waals surface area (Å²) in [7, 11) is 0. The minimum absolute atomic E-state index is 0.00510. The molecular weight excluding hydrogens is 354 g/mol. The highest BCUT2D eigenvalue weighted by molar-refractivity contribution is 5.87. The molecule has 0 unspecified atom stereocenters. The first kappa shape index (κ1) is 21.5. The fourth-order valence-electron chi connectivity index (χ4n) is 2.51. The zero-order valence-electron chi connectivity index (χ0n) is 16.9. The molecule has 0 heterocycles. The Bertz CT molecular complexity index is 761. The van der Waals surface area contributed by atoms with Crippen LogP contribution in [0.2, 0.25) is 0 Å². The van der Waals surface area contributed by atoms with Crippen molar-refractivity contribution in [1.29, 1.82) is 0 Å². The number of ether oxygens (including phenoxy) is 2. The second-order valence-corrected chi connectivity index (χ2v) is 7.44. The summed E-state index contributed by atoms with van der Waals surface area (Å²) in [5.74, 6) is 0.711. The van der Waals surface area contributed by atoms with Crippen LogP contribution in [0.15, 0.2) is 55.1 Å². The van der Waals surface area contributed by atoms with Crippen LogP contribution < -0.4 is 9.64 Å². The Balaban J connectivity index is 2.03. The number of carbonyl (C=O) groups is 1. The van der Waals surface area contributed by atoms with Gasteiger partial charge in [-0.2, -0.15) is 0 Å². The van der Waals surface area contributed by atoms with E-state index in [1.54, 1.807) is 6.08 Å². The molecule has 28 heavy (non-hydrogen) atoms. The molecule has 0 saturated carbocycles. The number of rotatable bonds is 8. The Kier molecular flexibility index (Phi) is 7.64. The highest BCUT2D eigenvalue weighted by Crippen LogP contribution is 2.23. The van der Waals surface area contributed by atoms with Gasteiger partial charge in [0.25, 0.3) is 0 Å². The molecule has 5 nitrogen and oxygen atoms in total. The van der Waals surface area contributed by atoms with Crippen LogP contribution in [0.25, 0.3) is 6.08 Å². The molecule has 1 amide bonds. The van der Waals surface area contributed by atoms with Crippen molar-refractivity contribution in [3.63, 3.8) is 0 Å². The van der Waals surface area contributed by atoms with Gasteiger partial charge in [-0.15, -0.1) is 0 Å². The fraction of sp³-hybridized carbons (Fsp3) is 0.348. The summed E-state index contributed by atoms with van der Waals surface area (Å²) in [6, 6.07) is 15.3. The number of nitrogens with zero attached hydrogens (tertiary/aromatic N) is 1. The van der Waals surface area contributed by atoms with E-state index >= 15 is 0 Å². The lowest BCUT2D eigenvalue weighted by molar-refractivity contribution is 0.0578. The van der Waals surface area contributed by atoms with Gasteiger partial charge in [-0.3, -0.25) is 4.90 Å². The number of aliphatic hydroxyl groups excluding tert-OH is 1. The van der Waals surface area contributed by atoms with Gasteiger partial charge >= 0.3 is 6.09 Å². The topological polar surface area (TPSA) is 59.0 Å². The van der Waals surface area contributed by atoms with Gasteiger partial charge in [0.1, 0.15) is 18.0 Å². The molecule has 0 fully saturated rings. The van der Waals surface area contributed by atoms with Crippen LogP contribution in [0.3, 0.4) is 0 Å². The quantitative estimate of drug-likeness (QED) is 0.694. The van der Waals surface area contributed by atoms with E-state index in [9.17, 15) is 4.79 Å². The lowest BCUT2D eigenvalue weighted by Gasteiger charge is -2.27. The highest BCUT2D eigenvalue weighted by atomic mass is 16.6. The van der Waals surface area contributed by atoms with Crippen LogP contribution in [0.5, 0.6) is 5.75 Å². The molecular formula is C23H29NO4. The summed E-state index contributed by atoms with van der Waals surface area (Å²) in [6.07, 6.45) is 1.84. The summed E-state index contributed by atoms with van der Waals surface area (Å²) in [5, 5.41) is 9.13. The maximum absolute atomic E-state index is 12.5. The molecule has 0 atom stereocenters. The first-order chi connectivity index (χ1) is 13.3.